The summed E-state index contributed by atoms with van der Waals surface area (Å²) < 4.78 is 24.6. The van der Waals surface area contributed by atoms with Gasteiger partial charge in [0.25, 0.3) is 6.43 Å². The lowest BCUT2D eigenvalue weighted by Crippen LogP contribution is -2.06. The van der Waals surface area contributed by atoms with Crippen molar-refractivity contribution >= 4 is 21.9 Å². The number of pyridine rings is 1. The van der Waals surface area contributed by atoms with Gasteiger partial charge in [0.1, 0.15) is 11.4 Å². The Kier molecular flexibility index (Phi) is 3.57. The van der Waals surface area contributed by atoms with Crippen LogP contribution in [0.5, 0.6) is 5.75 Å². The minimum atomic E-state index is -2.94. The van der Waals surface area contributed by atoms with Gasteiger partial charge in [-0.25, -0.2) is 18.6 Å². The highest BCUT2D eigenvalue weighted by Crippen LogP contribution is 2.28. The molecule has 0 saturated heterocycles. The molecule has 0 atom stereocenters. The number of aromatic carboxylic acids is 1. The first-order chi connectivity index (χ1) is 6.97. The molecule has 82 valence electrons. The molecule has 0 aliphatic rings. The van der Waals surface area contributed by atoms with Crippen LogP contribution in [0.15, 0.2) is 6.07 Å². The van der Waals surface area contributed by atoms with Crippen LogP contribution < -0.4 is 0 Å². The highest BCUT2D eigenvalue weighted by Gasteiger charge is 2.20. The third-order valence-electron chi connectivity index (χ3n) is 1.67. The molecule has 0 bridgehead atoms. The highest BCUT2D eigenvalue weighted by molar-refractivity contribution is 9.08. The molecule has 1 aromatic rings. The summed E-state index contributed by atoms with van der Waals surface area (Å²) in [6, 6.07) is 0.771. The van der Waals surface area contributed by atoms with Gasteiger partial charge in [0, 0.05) is 5.33 Å². The van der Waals surface area contributed by atoms with Gasteiger partial charge in [-0.2, -0.15) is 0 Å². The molecular formula is C8H6BrF2NO3. The summed E-state index contributed by atoms with van der Waals surface area (Å²) in [6.45, 7) is 0. The summed E-state index contributed by atoms with van der Waals surface area (Å²) >= 11 is 2.93. The van der Waals surface area contributed by atoms with E-state index in [1.165, 1.54) is 0 Å². The predicted octanol–water partition coefficient (Wildman–Crippen LogP) is 2.32. The monoisotopic (exact) mass is 281 g/mol. The Labute approximate surface area is 91.7 Å². The molecule has 0 aliphatic heterocycles. The Morgan fingerprint density at radius 3 is 2.60 bits per heavy atom. The fourth-order valence-electron chi connectivity index (χ4n) is 1.00. The van der Waals surface area contributed by atoms with Crippen LogP contribution in [-0.2, 0) is 5.33 Å². The van der Waals surface area contributed by atoms with Crippen molar-refractivity contribution in [3.8, 4) is 5.75 Å². The normalized spacial score (nSPS) is 10.7. The lowest BCUT2D eigenvalue weighted by molar-refractivity contribution is 0.0693. The number of aromatic hydroxyl groups is 1. The van der Waals surface area contributed by atoms with E-state index >= 15 is 0 Å². The maximum Gasteiger partial charge on any atom is 0.337 e. The third-order valence-corrected chi connectivity index (χ3v) is 2.20. The average Bonchev–Trinajstić information content (AvgIpc) is 2.16. The number of aromatic nitrogens is 1. The standard InChI is InChI=1S/C8H6BrF2NO3/c9-2-4-3(8(14)15)1-5(13)6(12-4)7(10)11/h1,7,13H,2H2,(H,14,15). The van der Waals surface area contributed by atoms with E-state index in [0.717, 1.165) is 6.07 Å². The van der Waals surface area contributed by atoms with Crippen LogP contribution in [0.2, 0.25) is 0 Å². The quantitative estimate of drug-likeness (QED) is 0.835. The largest absolute Gasteiger partial charge is 0.506 e. The Morgan fingerprint density at radius 1 is 1.60 bits per heavy atom. The second kappa shape index (κ2) is 4.52. The van der Waals surface area contributed by atoms with E-state index in [2.05, 4.69) is 20.9 Å². The van der Waals surface area contributed by atoms with E-state index in [1.54, 1.807) is 0 Å². The molecule has 0 spiro atoms. The molecule has 15 heavy (non-hydrogen) atoms. The number of hydrogen-bond acceptors (Lipinski definition) is 3. The summed E-state index contributed by atoms with van der Waals surface area (Å²) in [5.41, 5.74) is -1.15. The molecule has 1 rings (SSSR count). The maximum absolute atomic E-state index is 12.3. The minimum absolute atomic E-state index is 0.0225. The lowest BCUT2D eigenvalue weighted by Gasteiger charge is -2.07. The molecule has 1 heterocycles. The molecule has 2 N–H and O–H groups in total. The second-order valence-corrected chi connectivity index (χ2v) is 3.19. The molecule has 0 amide bonds. The van der Waals surface area contributed by atoms with Crippen LogP contribution in [0.3, 0.4) is 0 Å². The minimum Gasteiger partial charge on any atom is -0.506 e. The zero-order chi connectivity index (χ0) is 11.6. The number of hydrogen-bond donors (Lipinski definition) is 2. The van der Waals surface area contributed by atoms with Gasteiger partial charge in [0.05, 0.1) is 11.3 Å². The number of carbonyl (C=O) groups is 1. The van der Waals surface area contributed by atoms with Gasteiger partial charge in [0.15, 0.2) is 0 Å². The summed E-state index contributed by atoms with van der Waals surface area (Å²) in [4.78, 5) is 14.0. The Bertz CT molecular complexity index is 398. The smallest absolute Gasteiger partial charge is 0.337 e. The van der Waals surface area contributed by atoms with Crippen LogP contribution in [0.4, 0.5) is 8.78 Å². The first-order valence-electron chi connectivity index (χ1n) is 3.77. The molecule has 0 aromatic carbocycles. The highest BCUT2D eigenvalue weighted by atomic mass is 79.9. The number of nitrogens with zero attached hydrogens (tertiary/aromatic N) is 1. The van der Waals surface area contributed by atoms with Gasteiger partial charge in [-0.05, 0) is 6.07 Å². The number of rotatable bonds is 3. The summed E-state index contributed by atoms with van der Waals surface area (Å²) in [6.07, 6.45) is -2.94. The Balaban J connectivity index is 3.35. The first kappa shape index (κ1) is 11.8. The van der Waals surface area contributed by atoms with Crippen molar-refractivity contribution in [1.29, 1.82) is 0 Å². The van der Waals surface area contributed by atoms with Gasteiger partial charge in [-0.3, -0.25) is 0 Å². The van der Waals surface area contributed by atoms with Crippen LogP contribution in [-0.4, -0.2) is 21.2 Å². The van der Waals surface area contributed by atoms with Crippen LogP contribution >= 0.6 is 15.9 Å². The van der Waals surface area contributed by atoms with E-state index in [0.29, 0.717) is 0 Å². The van der Waals surface area contributed by atoms with Crippen LogP contribution in [0.1, 0.15) is 28.2 Å². The van der Waals surface area contributed by atoms with Gasteiger partial charge in [0.2, 0.25) is 0 Å². The fraction of sp³-hybridized carbons (Fsp3) is 0.250. The van der Waals surface area contributed by atoms with Crippen LogP contribution in [0.25, 0.3) is 0 Å². The molecule has 0 aliphatic carbocycles. The number of halogens is 3. The van der Waals surface area contributed by atoms with E-state index in [1.807, 2.05) is 0 Å². The summed E-state index contributed by atoms with van der Waals surface area (Å²) in [7, 11) is 0. The second-order valence-electron chi connectivity index (χ2n) is 2.63. The average molecular weight is 282 g/mol. The van der Waals surface area contributed by atoms with Gasteiger partial charge >= 0.3 is 5.97 Å². The van der Waals surface area contributed by atoms with Crippen molar-refractivity contribution < 1.29 is 23.8 Å². The zero-order valence-corrected chi connectivity index (χ0v) is 8.83. The van der Waals surface area contributed by atoms with Crippen molar-refractivity contribution in [1.82, 2.24) is 4.98 Å². The van der Waals surface area contributed by atoms with E-state index in [9.17, 15) is 13.6 Å². The Morgan fingerprint density at radius 2 is 2.20 bits per heavy atom. The van der Waals surface area contributed by atoms with E-state index < -0.39 is 23.8 Å². The van der Waals surface area contributed by atoms with Gasteiger partial charge in [-0.1, -0.05) is 15.9 Å². The Hall–Kier alpha value is -1.24. The zero-order valence-electron chi connectivity index (χ0n) is 7.25. The lowest BCUT2D eigenvalue weighted by atomic mass is 10.1. The van der Waals surface area contributed by atoms with Crippen LogP contribution in [0, 0.1) is 0 Å². The number of carboxylic acid groups (broad SMARTS) is 1. The molecule has 0 unspecified atom stereocenters. The molecule has 4 nitrogen and oxygen atoms in total. The summed E-state index contributed by atoms with van der Waals surface area (Å²) in [5.74, 6) is -2.14. The van der Waals surface area contributed by atoms with Crippen molar-refractivity contribution in [3.63, 3.8) is 0 Å². The van der Waals surface area contributed by atoms with Crippen molar-refractivity contribution in [2.45, 2.75) is 11.8 Å². The van der Waals surface area contributed by atoms with E-state index in [4.69, 9.17) is 10.2 Å². The molecule has 1 aromatic heterocycles. The molecule has 0 radical (unpaired) electrons. The fourth-order valence-corrected chi connectivity index (χ4v) is 1.43. The van der Waals surface area contributed by atoms with Crippen molar-refractivity contribution in [3.05, 3.63) is 23.0 Å². The summed E-state index contributed by atoms with van der Waals surface area (Å²) in [5, 5.41) is 17.8. The van der Waals surface area contributed by atoms with Crippen molar-refractivity contribution in [2.24, 2.45) is 0 Å². The number of carboxylic acids is 1. The molecule has 7 heteroatoms. The number of alkyl halides is 3. The predicted molar refractivity (Wildman–Crippen MR) is 50.4 cm³/mol. The molecular weight excluding hydrogens is 276 g/mol. The van der Waals surface area contributed by atoms with Crippen molar-refractivity contribution in [2.75, 3.05) is 0 Å². The molecule has 0 fully saturated rings. The third kappa shape index (κ3) is 2.41. The van der Waals surface area contributed by atoms with Gasteiger partial charge < -0.3 is 10.2 Å². The topological polar surface area (TPSA) is 70.4 Å². The molecule has 0 saturated carbocycles. The maximum atomic E-state index is 12.3. The van der Waals surface area contributed by atoms with E-state index in [-0.39, 0.29) is 16.6 Å². The first-order valence-corrected chi connectivity index (χ1v) is 4.89. The SMILES string of the molecule is O=C(O)c1cc(O)c(C(F)F)nc1CBr. The van der Waals surface area contributed by atoms with Gasteiger partial charge in [-0.15, -0.1) is 0 Å².